The molecule has 1 aliphatic rings. The van der Waals surface area contributed by atoms with Crippen LogP contribution in [-0.4, -0.2) is 29.3 Å². The van der Waals surface area contributed by atoms with Crippen molar-refractivity contribution in [1.29, 1.82) is 0 Å². The minimum Gasteiger partial charge on any atom is -0.391 e. The van der Waals surface area contributed by atoms with Crippen molar-refractivity contribution >= 4 is 5.69 Å². The van der Waals surface area contributed by atoms with Crippen molar-refractivity contribution in [3.05, 3.63) is 24.0 Å². The number of nitrogens with zero attached hydrogens (tertiary/aromatic N) is 2. The fourth-order valence-corrected chi connectivity index (χ4v) is 1.78. The van der Waals surface area contributed by atoms with Gasteiger partial charge in [0, 0.05) is 31.2 Å². The van der Waals surface area contributed by atoms with E-state index >= 15 is 0 Å². The summed E-state index contributed by atoms with van der Waals surface area (Å²) in [5, 5.41) is 9.39. The van der Waals surface area contributed by atoms with Crippen molar-refractivity contribution in [3.63, 3.8) is 0 Å². The molecule has 1 saturated heterocycles. The summed E-state index contributed by atoms with van der Waals surface area (Å²) < 4.78 is 0. The zero-order chi connectivity index (χ0) is 9.26. The van der Waals surface area contributed by atoms with Crippen LogP contribution >= 0.6 is 0 Å². The largest absolute Gasteiger partial charge is 0.391 e. The van der Waals surface area contributed by atoms with Crippen molar-refractivity contribution in [3.8, 4) is 0 Å². The predicted molar refractivity (Wildman–Crippen MR) is 51.8 cm³/mol. The van der Waals surface area contributed by atoms with Crippen LogP contribution in [0, 0.1) is 6.92 Å². The Hall–Kier alpha value is -1.09. The Bertz CT molecular complexity index is 301. The molecule has 2 rings (SSSR count). The van der Waals surface area contributed by atoms with Crippen LogP contribution in [0.4, 0.5) is 5.69 Å². The first-order valence-electron chi connectivity index (χ1n) is 4.61. The molecule has 3 nitrogen and oxygen atoms in total. The molecule has 0 spiro atoms. The van der Waals surface area contributed by atoms with Crippen molar-refractivity contribution in [2.45, 2.75) is 19.4 Å². The van der Waals surface area contributed by atoms with Gasteiger partial charge in [0.2, 0.25) is 0 Å². The number of aryl methyl sites for hydroxylation is 1. The van der Waals surface area contributed by atoms with Crippen molar-refractivity contribution in [1.82, 2.24) is 4.98 Å². The number of anilines is 1. The highest BCUT2D eigenvalue weighted by Crippen LogP contribution is 2.22. The molecule has 1 atom stereocenters. The van der Waals surface area contributed by atoms with Gasteiger partial charge in [-0.25, -0.2) is 0 Å². The quantitative estimate of drug-likeness (QED) is 0.696. The number of aromatic nitrogens is 1. The van der Waals surface area contributed by atoms with Crippen LogP contribution in [0.15, 0.2) is 18.5 Å². The van der Waals surface area contributed by atoms with Gasteiger partial charge in [0.15, 0.2) is 0 Å². The molecule has 1 aliphatic heterocycles. The maximum Gasteiger partial charge on any atom is 0.0731 e. The Morgan fingerprint density at radius 3 is 3.08 bits per heavy atom. The minimum atomic E-state index is -0.160. The monoisotopic (exact) mass is 178 g/mol. The summed E-state index contributed by atoms with van der Waals surface area (Å²) >= 11 is 0. The van der Waals surface area contributed by atoms with E-state index in [1.807, 2.05) is 19.2 Å². The summed E-state index contributed by atoms with van der Waals surface area (Å²) in [4.78, 5) is 6.26. The highest BCUT2D eigenvalue weighted by atomic mass is 16.3. The van der Waals surface area contributed by atoms with Gasteiger partial charge in [0.05, 0.1) is 6.10 Å². The van der Waals surface area contributed by atoms with Gasteiger partial charge in [0.25, 0.3) is 0 Å². The van der Waals surface area contributed by atoms with Crippen molar-refractivity contribution in [2.75, 3.05) is 18.0 Å². The van der Waals surface area contributed by atoms with Crippen LogP contribution in [-0.2, 0) is 0 Å². The highest BCUT2D eigenvalue weighted by molar-refractivity contribution is 5.52. The number of hydrogen-bond donors (Lipinski definition) is 1. The molecule has 0 bridgehead atoms. The molecule has 1 aromatic rings. The average Bonchev–Trinajstić information content (AvgIpc) is 2.53. The maximum absolute atomic E-state index is 9.39. The second kappa shape index (κ2) is 3.34. The van der Waals surface area contributed by atoms with E-state index in [0.717, 1.165) is 19.5 Å². The summed E-state index contributed by atoms with van der Waals surface area (Å²) in [7, 11) is 0. The van der Waals surface area contributed by atoms with Gasteiger partial charge >= 0.3 is 0 Å². The second-order valence-corrected chi connectivity index (χ2v) is 3.55. The van der Waals surface area contributed by atoms with Gasteiger partial charge in [-0.3, -0.25) is 4.98 Å². The third-order valence-corrected chi connectivity index (χ3v) is 2.49. The van der Waals surface area contributed by atoms with Crippen LogP contribution in [0.5, 0.6) is 0 Å². The number of rotatable bonds is 1. The van der Waals surface area contributed by atoms with Crippen molar-refractivity contribution < 1.29 is 5.11 Å². The molecule has 0 unspecified atom stereocenters. The fourth-order valence-electron chi connectivity index (χ4n) is 1.78. The summed E-state index contributed by atoms with van der Waals surface area (Å²) in [6.07, 6.45) is 4.38. The van der Waals surface area contributed by atoms with Crippen LogP contribution in [0.25, 0.3) is 0 Å². The Balaban J connectivity index is 2.21. The van der Waals surface area contributed by atoms with Gasteiger partial charge in [-0.15, -0.1) is 0 Å². The lowest BCUT2D eigenvalue weighted by Gasteiger charge is -2.19. The number of hydrogen-bond acceptors (Lipinski definition) is 3. The molecule has 1 aromatic heterocycles. The van der Waals surface area contributed by atoms with E-state index in [1.165, 1.54) is 11.3 Å². The molecular formula is C10H14N2O. The van der Waals surface area contributed by atoms with Gasteiger partial charge in [-0.2, -0.15) is 0 Å². The molecule has 70 valence electrons. The average molecular weight is 178 g/mol. The molecule has 1 fully saturated rings. The lowest BCUT2D eigenvalue weighted by Crippen LogP contribution is -2.21. The van der Waals surface area contributed by atoms with E-state index in [2.05, 4.69) is 9.88 Å². The Morgan fingerprint density at radius 1 is 1.62 bits per heavy atom. The summed E-state index contributed by atoms with van der Waals surface area (Å²) in [6.45, 7) is 3.75. The van der Waals surface area contributed by atoms with Crippen LogP contribution in [0.3, 0.4) is 0 Å². The number of β-amino-alcohol motifs (C(OH)–C–C–N with tert-alkyl or cyclic N) is 1. The van der Waals surface area contributed by atoms with Gasteiger partial charge < -0.3 is 10.0 Å². The summed E-state index contributed by atoms with van der Waals surface area (Å²) in [5.41, 5.74) is 2.38. The van der Waals surface area contributed by atoms with E-state index in [-0.39, 0.29) is 6.10 Å². The summed E-state index contributed by atoms with van der Waals surface area (Å²) in [6, 6.07) is 2.01. The summed E-state index contributed by atoms with van der Waals surface area (Å²) in [5.74, 6) is 0. The third-order valence-electron chi connectivity index (χ3n) is 2.49. The first-order valence-corrected chi connectivity index (χ1v) is 4.61. The molecule has 0 aromatic carbocycles. The maximum atomic E-state index is 9.39. The zero-order valence-corrected chi connectivity index (χ0v) is 7.77. The molecule has 2 heterocycles. The van der Waals surface area contributed by atoms with Crippen LogP contribution < -0.4 is 4.90 Å². The molecular weight excluding hydrogens is 164 g/mol. The molecule has 0 amide bonds. The smallest absolute Gasteiger partial charge is 0.0731 e. The van der Waals surface area contributed by atoms with E-state index in [9.17, 15) is 5.11 Å². The fraction of sp³-hybridized carbons (Fsp3) is 0.500. The molecule has 13 heavy (non-hydrogen) atoms. The lowest BCUT2D eigenvalue weighted by molar-refractivity contribution is 0.198. The molecule has 0 radical (unpaired) electrons. The normalized spacial score (nSPS) is 22.3. The zero-order valence-electron chi connectivity index (χ0n) is 7.77. The molecule has 0 aliphatic carbocycles. The predicted octanol–water partition coefficient (Wildman–Crippen LogP) is 0.961. The Labute approximate surface area is 78.0 Å². The van der Waals surface area contributed by atoms with Crippen molar-refractivity contribution in [2.24, 2.45) is 0 Å². The third kappa shape index (κ3) is 1.65. The first kappa shape index (κ1) is 8.51. The highest BCUT2D eigenvalue weighted by Gasteiger charge is 2.21. The first-order chi connectivity index (χ1) is 6.27. The standard InChI is InChI=1S/C10H14N2O/c1-8-6-11-4-2-10(8)12-5-3-9(13)7-12/h2,4,6,9,13H,3,5,7H2,1H3/t9-/m0/s1. The number of pyridine rings is 1. The Kier molecular flexibility index (Phi) is 2.19. The molecule has 1 N–H and O–H groups in total. The lowest BCUT2D eigenvalue weighted by atomic mass is 10.2. The number of aliphatic hydroxyl groups is 1. The van der Waals surface area contributed by atoms with E-state index < -0.39 is 0 Å². The van der Waals surface area contributed by atoms with Crippen LogP contribution in [0.1, 0.15) is 12.0 Å². The van der Waals surface area contributed by atoms with E-state index in [4.69, 9.17) is 0 Å². The van der Waals surface area contributed by atoms with Crippen LogP contribution in [0.2, 0.25) is 0 Å². The van der Waals surface area contributed by atoms with Gasteiger partial charge in [-0.05, 0) is 25.0 Å². The molecule has 3 heteroatoms. The van der Waals surface area contributed by atoms with Gasteiger partial charge in [0.1, 0.15) is 0 Å². The SMILES string of the molecule is Cc1cnccc1N1CC[C@H](O)C1. The van der Waals surface area contributed by atoms with E-state index in [1.54, 1.807) is 6.20 Å². The molecule has 0 saturated carbocycles. The topological polar surface area (TPSA) is 36.4 Å². The van der Waals surface area contributed by atoms with E-state index in [0.29, 0.717) is 0 Å². The Morgan fingerprint density at radius 2 is 2.46 bits per heavy atom. The number of aliphatic hydroxyl groups excluding tert-OH is 1. The van der Waals surface area contributed by atoms with Gasteiger partial charge in [-0.1, -0.05) is 0 Å². The second-order valence-electron chi connectivity index (χ2n) is 3.55. The minimum absolute atomic E-state index is 0.160.